The summed E-state index contributed by atoms with van der Waals surface area (Å²) in [5.74, 6) is 0.0971. The molecule has 3 aromatic carbocycles. The molecule has 0 radical (unpaired) electrons. The number of para-hydroxylation sites is 2. The van der Waals surface area contributed by atoms with Gasteiger partial charge in [-0.1, -0.05) is 12.1 Å². The summed E-state index contributed by atoms with van der Waals surface area (Å²) in [6.07, 6.45) is 0.0571. The molecule has 0 atom stereocenters. The number of nitrogens with zero attached hydrogens (tertiary/aromatic N) is 2. The second kappa shape index (κ2) is 9.48. The third-order valence-electron chi connectivity index (χ3n) is 5.35. The standard InChI is InChI=1S/C26H23N3O4/c1-17(30)18-7-11-20(12-8-18)27-25(31)16-29-24-6-4-3-5-22(24)28-23(15-26(29)32)19-9-13-21(33-2)14-10-19/h3-14H,15-16H2,1-2H3,(H,27,31). The average Bonchev–Trinajstić information content (AvgIpc) is 2.96. The molecule has 0 fully saturated rings. The molecular formula is C26H23N3O4. The van der Waals surface area contributed by atoms with Gasteiger partial charge in [-0.2, -0.15) is 0 Å². The van der Waals surface area contributed by atoms with Crippen LogP contribution < -0.4 is 15.0 Å². The molecule has 3 aromatic rings. The van der Waals surface area contributed by atoms with E-state index in [0.29, 0.717) is 34.1 Å². The molecule has 0 aromatic heterocycles. The molecule has 0 unspecified atom stereocenters. The van der Waals surface area contributed by atoms with Crippen LogP contribution in [0.25, 0.3) is 0 Å². The number of carbonyl (C=O) groups is 3. The first-order chi connectivity index (χ1) is 15.9. The first kappa shape index (κ1) is 22.0. The topological polar surface area (TPSA) is 88.1 Å². The molecule has 1 aliphatic heterocycles. The van der Waals surface area contributed by atoms with Crippen molar-refractivity contribution in [1.82, 2.24) is 0 Å². The van der Waals surface area contributed by atoms with Gasteiger partial charge >= 0.3 is 0 Å². The quantitative estimate of drug-likeness (QED) is 0.575. The van der Waals surface area contributed by atoms with E-state index in [-0.39, 0.29) is 30.6 Å². The van der Waals surface area contributed by atoms with Crippen LogP contribution in [0.4, 0.5) is 17.1 Å². The molecule has 7 heteroatoms. The van der Waals surface area contributed by atoms with Gasteiger partial charge < -0.3 is 15.0 Å². The maximum absolute atomic E-state index is 13.2. The van der Waals surface area contributed by atoms with Crippen molar-refractivity contribution < 1.29 is 19.1 Å². The number of fused-ring (bicyclic) bond motifs is 1. The van der Waals surface area contributed by atoms with Crippen molar-refractivity contribution in [2.24, 2.45) is 4.99 Å². The molecule has 1 heterocycles. The summed E-state index contributed by atoms with van der Waals surface area (Å²) in [4.78, 5) is 43.6. The highest BCUT2D eigenvalue weighted by molar-refractivity contribution is 6.19. The molecule has 33 heavy (non-hydrogen) atoms. The molecule has 0 saturated carbocycles. The summed E-state index contributed by atoms with van der Waals surface area (Å²) < 4.78 is 5.21. The minimum atomic E-state index is -0.346. The fourth-order valence-electron chi connectivity index (χ4n) is 3.60. The van der Waals surface area contributed by atoms with Crippen molar-refractivity contribution in [3.05, 3.63) is 83.9 Å². The van der Waals surface area contributed by atoms with Crippen LogP contribution in [0.1, 0.15) is 29.3 Å². The van der Waals surface area contributed by atoms with Gasteiger partial charge in [0.15, 0.2) is 5.78 Å². The van der Waals surface area contributed by atoms with Crippen molar-refractivity contribution in [1.29, 1.82) is 0 Å². The Bertz CT molecular complexity index is 1230. The van der Waals surface area contributed by atoms with E-state index in [2.05, 4.69) is 5.32 Å². The second-order valence-corrected chi connectivity index (χ2v) is 7.61. The van der Waals surface area contributed by atoms with Crippen LogP contribution >= 0.6 is 0 Å². The Hall–Kier alpha value is -4.26. The van der Waals surface area contributed by atoms with E-state index in [1.54, 1.807) is 37.4 Å². The van der Waals surface area contributed by atoms with E-state index >= 15 is 0 Å². The number of methoxy groups -OCH3 is 1. The molecule has 7 nitrogen and oxygen atoms in total. The first-order valence-corrected chi connectivity index (χ1v) is 10.5. The summed E-state index contributed by atoms with van der Waals surface area (Å²) in [6, 6.07) is 21.3. The lowest BCUT2D eigenvalue weighted by Gasteiger charge is -2.22. The van der Waals surface area contributed by atoms with E-state index < -0.39 is 0 Å². The van der Waals surface area contributed by atoms with Gasteiger partial charge in [-0.15, -0.1) is 0 Å². The predicted octanol–water partition coefficient (Wildman–Crippen LogP) is 4.39. The number of nitrogens with one attached hydrogen (secondary N) is 1. The summed E-state index contributed by atoms with van der Waals surface area (Å²) >= 11 is 0. The molecule has 166 valence electrons. The second-order valence-electron chi connectivity index (χ2n) is 7.61. The zero-order valence-corrected chi connectivity index (χ0v) is 18.4. The number of ketones is 1. The SMILES string of the molecule is COc1ccc(C2=Nc3ccccc3N(CC(=O)Nc3ccc(C(C)=O)cc3)C(=O)C2)cc1. The molecule has 0 bridgehead atoms. The highest BCUT2D eigenvalue weighted by Gasteiger charge is 2.26. The Labute approximate surface area is 191 Å². The predicted molar refractivity (Wildman–Crippen MR) is 128 cm³/mol. The first-order valence-electron chi connectivity index (χ1n) is 10.5. The number of rotatable bonds is 6. The highest BCUT2D eigenvalue weighted by atomic mass is 16.5. The number of anilines is 2. The third kappa shape index (κ3) is 4.98. The van der Waals surface area contributed by atoms with Crippen LogP contribution in [0.2, 0.25) is 0 Å². The summed E-state index contributed by atoms with van der Waals surface area (Å²) in [6.45, 7) is 1.33. The molecular weight excluding hydrogens is 418 g/mol. The van der Waals surface area contributed by atoms with E-state index in [0.717, 1.165) is 5.56 Å². The van der Waals surface area contributed by atoms with Crippen LogP contribution in [0.15, 0.2) is 77.8 Å². The average molecular weight is 441 g/mol. The number of hydrogen-bond donors (Lipinski definition) is 1. The van der Waals surface area contributed by atoms with Crippen molar-refractivity contribution in [3.63, 3.8) is 0 Å². The zero-order chi connectivity index (χ0) is 23.4. The van der Waals surface area contributed by atoms with Crippen LogP contribution in [0.5, 0.6) is 5.75 Å². The van der Waals surface area contributed by atoms with Gasteiger partial charge in [-0.3, -0.25) is 19.4 Å². The lowest BCUT2D eigenvalue weighted by molar-refractivity contribution is -0.120. The molecule has 0 spiro atoms. The lowest BCUT2D eigenvalue weighted by Crippen LogP contribution is -2.38. The normalized spacial score (nSPS) is 13.0. The van der Waals surface area contributed by atoms with Crippen LogP contribution in [-0.4, -0.2) is 37.0 Å². The lowest BCUT2D eigenvalue weighted by atomic mass is 10.1. The van der Waals surface area contributed by atoms with Crippen molar-refractivity contribution >= 4 is 40.4 Å². The van der Waals surface area contributed by atoms with Gasteiger partial charge in [0.2, 0.25) is 11.8 Å². The van der Waals surface area contributed by atoms with E-state index in [9.17, 15) is 14.4 Å². The zero-order valence-electron chi connectivity index (χ0n) is 18.4. The largest absolute Gasteiger partial charge is 0.497 e. The van der Waals surface area contributed by atoms with Crippen LogP contribution in [0.3, 0.4) is 0 Å². The van der Waals surface area contributed by atoms with Gasteiger partial charge in [0.1, 0.15) is 12.3 Å². The highest BCUT2D eigenvalue weighted by Crippen LogP contribution is 2.33. The van der Waals surface area contributed by atoms with Gasteiger partial charge in [0, 0.05) is 11.3 Å². The monoisotopic (exact) mass is 441 g/mol. The number of Topliss-reactive ketones (excluding diaryl/α,β-unsaturated/α-hetero) is 1. The van der Waals surface area contributed by atoms with Gasteiger partial charge in [-0.05, 0) is 73.2 Å². The maximum atomic E-state index is 13.2. The number of hydrogen-bond acceptors (Lipinski definition) is 5. The summed E-state index contributed by atoms with van der Waals surface area (Å²) in [7, 11) is 1.60. The number of amides is 2. The van der Waals surface area contributed by atoms with E-state index in [4.69, 9.17) is 9.73 Å². The van der Waals surface area contributed by atoms with Crippen molar-refractivity contribution in [2.45, 2.75) is 13.3 Å². The Balaban J connectivity index is 1.55. The Kier molecular flexibility index (Phi) is 6.31. The Morgan fingerprint density at radius 3 is 2.36 bits per heavy atom. The number of benzene rings is 3. The Morgan fingerprint density at radius 2 is 1.70 bits per heavy atom. The third-order valence-corrected chi connectivity index (χ3v) is 5.35. The van der Waals surface area contributed by atoms with Crippen LogP contribution in [0, 0.1) is 0 Å². The summed E-state index contributed by atoms with van der Waals surface area (Å²) in [5.41, 5.74) is 3.75. The maximum Gasteiger partial charge on any atom is 0.244 e. The fraction of sp³-hybridized carbons (Fsp3) is 0.154. The number of carbonyl (C=O) groups excluding carboxylic acids is 3. The smallest absolute Gasteiger partial charge is 0.244 e. The molecule has 0 aliphatic carbocycles. The molecule has 1 aliphatic rings. The van der Waals surface area contributed by atoms with E-state index in [1.165, 1.54) is 11.8 Å². The van der Waals surface area contributed by atoms with Gasteiger partial charge in [0.25, 0.3) is 0 Å². The minimum absolute atomic E-state index is 0.0488. The van der Waals surface area contributed by atoms with Crippen molar-refractivity contribution in [3.8, 4) is 5.75 Å². The fourth-order valence-corrected chi connectivity index (χ4v) is 3.60. The molecule has 1 N–H and O–H groups in total. The Morgan fingerprint density at radius 1 is 1.00 bits per heavy atom. The van der Waals surface area contributed by atoms with E-state index in [1.807, 2.05) is 42.5 Å². The summed E-state index contributed by atoms with van der Waals surface area (Å²) in [5, 5.41) is 2.79. The number of ether oxygens (including phenoxy) is 1. The molecule has 4 rings (SSSR count). The van der Waals surface area contributed by atoms with Gasteiger partial charge in [0.05, 0.1) is 30.6 Å². The van der Waals surface area contributed by atoms with Crippen LogP contribution in [-0.2, 0) is 9.59 Å². The minimum Gasteiger partial charge on any atom is -0.497 e. The van der Waals surface area contributed by atoms with Crippen molar-refractivity contribution in [2.75, 3.05) is 23.9 Å². The number of aliphatic imine (C=N–C) groups is 1. The molecule has 2 amide bonds. The molecule has 0 saturated heterocycles. The van der Waals surface area contributed by atoms with Gasteiger partial charge in [-0.25, -0.2) is 0 Å².